The molecule has 2 aromatic heterocycles. The zero-order valence-electron chi connectivity index (χ0n) is 21.0. The van der Waals surface area contributed by atoms with Crippen molar-refractivity contribution in [3.05, 3.63) is 88.6 Å². The minimum Gasteiger partial charge on any atom is -0.341 e. The predicted octanol–water partition coefficient (Wildman–Crippen LogP) is 5.84. The lowest BCUT2D eigenvalue weighted by molar-refractivity contribution is -0.130. The second kappa shape index (κ2) is 10.4. The van der Waals surface area contributed by atoms with Gasteiger partial charge in [0.05, 0.1) is 21.6 Å². The second-order valence-corrected chi connectivity index (χ2v) is 11.6. The molecule has 2 aliphatic rings. The summed E-state index contributed by atoms with van der Waals surface area (Å²) in [5.74, 6) is 0.306. The van der Waals surface area contributed by atoms with Crippen LogP contribution in [-0.2, 0) is 9.59 Å². The number of carbonyl (C=O) groups excluding carboxylic acids is 2. The SMILES string of the molecule is Cc1ccccc1-n1nc(-c2cccs2)c2c1N(CC(=O)N1CCCC1)C(=O)CS[C@@H]2c1ccc(F)cc1. The van der Waals surface area contributed by atoms with Crippen molar-refractivity contribution in [3.8, 4) is 16.3 Å². The van der Waals surface area contributed by atoms with Crippen molar-refractivity contribution in [2.75, 3.05) is 30.3 Å². The lowest BCUT2D eigenvalue weighted by Gasteiger charge is -2.26. The highest BCUT2D eigenvalue weighted by Gasteiger charge is 2.38. The standard InChI is InChI=1S/C29H27FN4O2S2/c1-19-7-2-3-8-22(19)34-29-26(27(31-34)23-9-6-16-37-23)28(20-10-12-21(30)13-11-20)38-18-25(36)33(29)17-24(35)32-14-4-5-15-32/h2-3,6-13,16,28H,4-5,14-15,17-18H2,1H3/t28-/m1/s1. The summed E-state index contributed by atoms with van der Waals surface area (Å²) < 4.78 is 15.7. The number of hydrogen-bond acceptors (Lipinski definition) is 5. The highest BCUT2D eigenvalue weighted by molar-refractivity contribution is 8.00. The topological polar surface area (TPSA) is 58.4 Å². The van der Waals surface area contributed by atoms with E-state index in [-0.39, 0.29) is 35.2 Å². The van der Waals surface area contributed by atoms with E-state index in [2.05, 4.69) is 0 Å². The number of halogens is 1. The Hall–Kier alpha value is -3.43. The average Bonchev–Trinajstić information content (AvgIpc) is 3.69. The van der Waals surface area contributed by atoms with Crippen LogP contribution in [0.5, 0.6) is 0 Å². The van der Waals surface area contributed by atoms with E-state index in [1.54, 1.807) is 28.4 Å². The number of aromatic nitrogens is 2. The minimum absolute atomic E-state index is 0.0377. The molecule has 38 heavy (non-hydrogen) atoms. The van der Waals surface area contributed by atoms with E-state index in [0.29, 0.717) is 5.82 Å². The predicted molar refractivity (Wildman–Crippen MR) is 150 cm³/mol. The van der Waals surface area contributed by atoms with E-state index >= 15 is 0 Å². The molecular formula is C29H27FN4O2S2. The van der Waals surface area contributed by atoms with E-state index < -0.39 is 0 Å². The third-order valence-electron chi connectivity index (χ3n) is 7.11. The molecule has 2 aliphatic heterocycles. The van der Waals surface area contributed by atoms with Crippen LogP contribution in [0.15, 0.2) is 66.0 Å². The normalized spacial score (nSPS) is 17.5. The van der Waals surface area contributed by atoms with Crippen molar-refractivity contribution in [1.29, 1.82) is 0 Å². The number of aryl methyl sites for hydroxylation is 1. The maximum absolute atomic E-state index is 13.9. The molecule has 2 amide bonds. The number of anilines is 1. The van der Waals surface area contributed by atoms with Gasteiger partial charge in [-0.3, -0.25) is 14.5 Å². The first-order valence-corrected chi connectivity index (χ1v) is 14.6. The van der Waals surface area contributed by atoms with Crippen LogP contribution in [0, 0.1) is 12.7 Å². The minimum atomic E-state index is -0.310. The molecule has 0 unspecified atom stereocenters. The Morgan fingerprint density at radius 2 is 1.82 bits per heavy atom. The number of rotatable bonds is 5. The third kappa shape index (κ3) is 4.54. The molecule has 1 saturated heterocycles. The number of thioether (sulfide) groups is 1. The molecule has 0 spiro atoms. The Balaban J connectivity index is 1.60. The van der Waals surface area contributed by atoms with Crippen molar-refractivity contribution >= 4 is 40.7 Å². The quantitative estimate of drug-likeness (QED) is 0.316. The first kappa shape index (κ1) is 24.9. The fourth-order valence-corrected chi connectivity index (χ4v) is 7.11. The number of benzene rings is 2. The zero-order chi connectivity index (χ0) is 26.2. The number of nitrogens with zero attached hydrogens (tertiary/aromatic N) is 4. The Morgan fingerprint density at radius 1 is 1.05 bits per heavy atom. The van der Waals surface area contributed by atoms with Gasteiger partial charge in [-0.1, -0.05) is 36.4 Å². The lowest BCUT2D eigenvalue weighted by Crippen LogP contribution is -2.43. The number of thiophene rings is 1. The summed E-state index contributed by atoms with van der Waals surface area (Å²) in [7, 11) is 0. The van der Waals surface area contributed by atoms with Crippen LogP contribution in [0.4, 0.5) is 10.2 Å². The van der Waals surface area contributed by atoms with E-state index in [1.807, 2.05) is 58.3 Å². The second-order valence-electron chi connectivity index (χ2n) is 9.57. The van der Waals surface area contributed by atoms with Crippen LogP contribution in [0.3, 0.4) is 0 Å². The van der Waals surface area contributed by atoms with Crippen LogP contribution in [0.1, 0.15) is 34.8 Å². The van der Waals surface area contributed by atoms with Crippen molar-refractivity contribution in [2.45, 2.75) is 25.0 Å². The van der Waals surface area contributed by atoms with Gasteiger partial charge in [-0.2, -0.15) is 5.10 Å². The van der Waals surface area contributed by atoms with Gasteiger partial charge in [0.2, 0.25) is 11.8 Å². The molecule has 9 heteroatoms. The summed E-state index contributed by atoms with van der Waals surface area (Å²) in [6, 6.07) is 18.4. The maximum atomic E-state index is 13.9. The first-order chi connectivity index (χ1) is 18.5. The van der Waals surface area contributed by atoms with E-state index in [4.69, 9.17) is 5.10 Å². The molecule has 0 N–H and O–H groups in total. The van der Waals surface area contributed by atoms with Gasteiger partial charge in [0.1, 0.15) is 23.9 Å². The van der Waals surface area contributed by atoms with Crippen molar-refractivity contribution in [2.24, 2.45) is 0 Å². The van der Waals surface area contributed by atoms with Crippen LogP contribution < -0.4 is 4.90 Å². The van der Waals surface area contributed by atoms with Gasteiger partial charge >= 0.3 is 0 Å². The summed E-state index contributed by atoms with van der Waals surface area (Å²) in [6.45, 7) is 3.42. The molecule has 1 fully saturated rings. The Kier molecular flexibility index (Phi) is 6.80. The highest BCUT2D eigenvalue weighted by Crippen LogP contribution is 2.49. The third-order valence-corrected chi connectivity index (χ3v) is 9.24. The number of likely N-dealkylation sites (tertiary alicyclic amines) is 1. The Labute approximate surface area is 229 Å². The summed E-state index contributed by atoms with van der Waals surface area (Å²) >= 11 is 3.07. The summed E-state index contributed by atoms with van der Waals surface area (Å²) in [6.07, 6.45) is 1.97. The smallest absolute Gasteiger partial charge is 0.242 e. The van der Waals surface area contributed by atoms with Gasteiger partial charge in [0.25, 0.3) is 0 Å². The van der Waals surface area contributed by atoms with Crippen LogP contribution in [0.2, 0.25) is 0 Å². The molecule has 0 aliphatic carbocycles. The molecule has 0 bridgehead atoms. The van der Waals surface area contributed by atoms with E-state index in [1.165, 1.54) is 23.9 Å². The summed E-state index contributed by atoms with van der Waals surface area (Å²) in [5, 5.41) is 6.85. The molecular weight excluding hydrogens is 519 g/mol. The maximum Gasteiger partial charge on any atom is 0.242 e. The first-order valence-electron chi connectivity index (χ1n) is 12.7. The summed E-state index contributed by atoms with van der Waals surface area (Å²) in [5.41, 5.74) is 4.38. The Bertz CT molecular complexity index is 1480. The van der Waals surface area contributed by atoms with Crippen LogP contribution in [0.25, 0.3) is 16.3 Å². The lowest BCUT2D eigenvalue weighted by atomic mass is 10.0. The molecule has 1 atom stereocenters. The van der Waals surface area contributed by atoms with Gasteiger partial charge in [-0.15, -0.1) is 23.1 Å². The molecule has 6 nitrogen and oxygen atoms in total. The van der Waals surface area contributed by atoms with E-state index in [0.717, 1.165) is 58.9 Å². The number of hydrogen-bond donors (Lipinski definition) is 0. The molecule has 2 aromatic carbocycles. The molecule has 4 aromatic rings. The highest BCUT2D eigenvalue weighted by atomic mass is 32.2. The monoisotopic (exact) mass is 546 g/mol. The van der Waals surface area contributed by atoms with Gasteiger partial charge < -0.3 is 4.90 Å². The molecule has 0 saturated carbocycles. The Morgan fingerprint density at radius 3 is 2.53 bits per heavy atom. The van der Waals surface area contributed by atoms with Gasteiger partial charge in [-0.25, -0.2) is 9.07 Å². The molecule has 0 radical (unpaired) electrons. The number of para-hydroxylation sites is 1. The molecule has 4 heterocycles. The van der Waals surface area contributed by atoms with Crippen LogP contribution in [-0.4, -0.2) is 51.9 Å². The zero-order valence-corrected chi connectivity index (χ0v) is 22.6. The number of carbonyl (C=O) groups is 2. The fraction of sp³-hybridized carbons (Fsp3) is 0.276. The number of amides is 2. The van der Waals surface area contributed by atoms with Crippen molar-refractivity contribution < 1.29 is 14.0 Å². The summed E-state index contributed by atoms with van der Waals surface area (Å²) in [4.78, 5) is 31.6. The largest absolute Gasteiger partial charge is 0.341 e. The van der Waals surface area contributed by atoms with Gasteiger partial charge in [-0.05, 0) is 60.5 Å². The van der Waals surface area contributed by atoms with Crippen molar-refractivity contribution in [3.63, 3.8) is 0 Å². The average molecular weight is 547 g/mol. The fourth-order valence-electron chi connectivity index (χ4n) is 5.19. The molecule has 194 valence electrons. The van der Waals surface area contributed by atoms with Gasteiger partial charge in [0, 0.05) is 18.7 Å². The van der Waals surface area contributed by atoms with Crippen molar-refractivity contribution in [1.82, 2.24) is 14.7 Å². The molecule has 6 rings (SSSR count). The number of fused-ring (bicyclic) bond motifs is 1. The van der Waals surface area contributed by atoms with Gasteiger partial charge in [0.15, 0.2) is 0 Å². The van der Waals surface area contributed by atoms with Crippen LogP contribution >= 0.6 is 23.1 Å². The van der Waals surface area contributed by atoms with E-state index in [9.17, 15) is 14.0 Å².